The van der Waals surface area contributed by atoms with Crippen LogP contribution in [0, 0.1) is 11.8 Å². The molecule has 0 radical (unpaired) electrons. The van der Waals surface area contributed by atoms with Crippen LogP contribution in [0.2, 0.25) is 0 Å². The summed E-state index contributed by atoms with van der Waals surface area (Å²) in [7, 11) is -0.0996. The Labute approximate surface area is 123 Å². The average Bonchev–Trinajstić information content (AvgIpc) is 2.26. The van der Waals surface area contributed by atoms with E-state index in [0.29, 0.717) is 5.75 Å². The van der Waals surface area contributed by atoms with Crippen molar-refractivity contribution in [3.05, 3.63) is 0 Å². The Hall–Kier alpha value is 0.160. The number of halogens is 6. The molecule has 1 aliphatic heterocycles. The molecule has 1 aliphatic carbocycles. The van der Waals surface area contributed by atoms with Gasteiger partial charge in [0.05, 0.1) is 23.0 Å². The number of hydrogen-bond acceptors (Lipinski definition) is 4. The maximum absolute atomic E-state index is 12.3. The van der Waals surface area contributed by atoms with Crippen LogP contribution in [0.25, 0.3) is 0 Å². The van der Waals surface area contributed by atoms with Gasteiger partial charge >= 0.3 is 12.7 Å². The summed E-state index contributed by atoms with van der Waals surface area (Å²) in [6, 6.07) is 0. The van der Waals surface area contributed by atoms with Gasteiger partial charge in [-0.1, -0.05) is 0 Å². The van der Waals surface area contributed by atoms with Crippen LogP contribution in [0.5, 0.6) is 0 Å². The number of rotatable bonds is 2. The molecule has 11 heteroatoms. The van der Waals surface area contributed by atoms with Crippen LogP contribution >= 0.6 is 10.8 Å². The molecule has 3 nitrogen and oxygen atoms in total. The Bertz CT molecular complexity index is 364. The highest BCUT2D eigenvalue weighted by Crippen LogP contribution is 2.44. The highest BCUT2D eigenvalue weighted by atomic mass is 33.1. The van der Waals surface area contributed by atoms with Crippen LogP contribution in [0.3, 0.4) is 0 Å². The normalized spacial score (nSPS) is 38.1. The maximum atomic E-state index is 12.3. The highest BCUT2D eigenvalue weighted by Gasteiger charge is 2.50. The molecular weight excluding hydrogens is 346 g/mol. The fourth-order valence-corrected chi connectivity index (χ4v) is 6.05. The first-order valence-corrected chi connectivity index (χ1v) is 8.86. The topological polar surface area (TPSA) is 41.5 Å². The van der Waals surface area contributed by atoms with Crippen molar-refractivity contribution in [3.63, 3.8) is 0 Å². The van der Waals surface area contributed by atoms with Gasteiger partial charge in [-0.15, -0.1) is 26.3 Å². The van der Waals surface area contributed by atoms with Gasteiger partial charge in [0.1, 0.15) is 5.75 Å². The lowest BCUT2D eigenvalue weighted by atomic mass is 9.78. The molecule has 0 N–H and O–H groups in total. The molecule has 5 unspecified atom stereocenters. The summed E-state index contributed by atoms with van der Waals surface area (Å²) in [5, 5.41) is 0. The molecule has 0 aromatic rings. The molecule has 1 saturated heterocycles. The lowest BCUT2D eigenvalue weighted by Gasteiger charge is -2.42. The Morgan fingerprint density at radius 1 is 0.905 bits per heavy atom. The van der Waals surface area contributed by atoms with Crippen molar-refractivity contribution in [2.45, 2.75) is 37.8 Å². The minimum absolute atomic E-state index is 0.172. The van der Waals surface area contributed by atoms with Gasteiger partial charge in [-0.3, -0.25) is 9.47 Å². The van der Waals surface area contributed by atoms with E-state index in [1.807, 2.05) is 0 Å². The second kappa shape index (κ2) is 6.34. The Balaban J connectivity index is 2.08. The lowest BCUT2D eigenvalue weighted by molar-refractivity contribution is -0.394. The molecule has 2 aliphatic rings. The van der Waals surface area contributed by atoms with E-state index < -0.39 is 35.1 Å². The predicted octanol–water partition coefficient (Wildman–Crippen LogP) is 3.23. The van der Waals surface area contributed by atoms with E-state index >= 15 is 0 Å². The van der Waals surface area contributed by atoms with E-state index in [1.165, 1.54) is 0 Å². The molecule has 21 heavy (non-hydrogen) atoms. The number of alkyl halides is 6. The van der Waals surface area contributed by atoms with Crippen LogP contribution in [-0.2, 0) is 19.7 Å². The molecule has 2 fully saturated rings. The van der Waals surface area contributed by atoms with Gasteiger partial charge in [-0.25, -0.2) is 0 Å². The molecular formula is C10H12F6O3S2. The Kier molecular flexibility index (Phi) is 5.29. The summed E-state index contributed by atoms with van der Waals surface area (Å²) >= 11 is 0. The minimum atomic E-state index is -5.03. The van der Waals surface area contributed by atoms with Gasteiger partial charge in [0.15, 0.2) is 0 Å². The van der Waals surface area contributed by atoms with Crippen molar-refractivity contribution in [2.75, 3.05) is 11.5 Å². The molecule has 0 spiro atoms. The molecule has 0 bridgehead atoms. The largest absolute Gasteiger partial charge is 0.605 e. The SMILES string of the molecule is [O-][S+]1CC2CC(OC(F)(F)F)C(OC(F)(F)F)CC2CS1. The molecule has 1 heterocycles. The lowest BCUT2D eigenvalue weighted by Crippen LogP contribution is -2.49. The quantitative estimate of drug-likeness (QED) is 0.432. The Morgan fingerprint density at radius 3 is 1.86 bits per heavy atom. The van der Waals surface area contributed by atoms with Crippen molar-refractivity contribution in [1.29, 1.82) is 0 Å². The standard InChI is InChI=1S/C10H12F6O3S2/c11-9(12,13)18-7-1-5-3-20-21(17)4-6(5)2-8(7)19-10(14,15)16/h5-8H,1-4H2. The van der Waals surface area contributed by atoms with Crippen molar-refractivity contribution in [3.8, 4) is 0 Å². The molecule has 5 atom stereocenters. The van der Waals surface area contributed by atoms with Crippen molar-refractivity contribution < 1.29 is 40.4 Å². The van der Waals surface area contributed by atoms with E-state index in [4.69, 9.17) is 0 Å². The third-order valence-corrected chi connectivity index (χ3v) is 6.62. The number of ether oxygens (including phenoxy) is 2. The first-order chi connectivity index (χ1) is 9.53. The first kappa shape index (κ1) is 17.5. The van der Waals surface area contributed by atoms with E-state index in [2.05, 4.69) is 9.47 Å². The Morgan fingerprint density at radius 2 is 1.38 bits per heavy atom. The van der Waals surface area contributed by atoms with E-state index in [1.54, 1.807) is 0 Å². The zero-order valence-electron chi connectivity index (χ0n) is 10.4. The third kappa shape index (κ3) is 5.38. The summed E-state index contributed by atoms with van der Waals surface area (Å²) in [5.41, 5.74) is 0. The van der Waals surface area contributed by atoms with Crippen LogP contribution in [0.15, 0.2) is 0 Å². The molecule has 0 aromatic heterocycles. The molecule has 1 saturated carbocycles. The summed E-state index contributed by atoms with van der Waals surface area (Å²) in [6.07, 6.45) is -13.9. The van der Waals surface area contributed by atoms with Gasteiger partial charge in [0, 0.05) is 21.9 Å². The van der Waals surface area contributed by atoms with Crippen LogP contribution in [0.1, 0.15) is 12.8 Å². The zero-order valence-corrected chi connectivity index (χ0v) is 12.1. The van der Waals surface area contributed by atoms with E-state index in [0.717, 1.165) is 10.8 Å². The third-order valence-electron chi connectivity index (χ3n) is 3.49. The number of hydrogen-bond donors (Lipinski definition) is 0. The summed E-state index contributed by atoms with van der Waals surface area (Å²) in [6.45, 7) is 0. The fourth-order valence-electron chi connectivity index (χ4n) is 2.67. The second-order valence-electron chi connectivity index (χ2n) is 4.95. The van der Waals surface area contributed by atoms with Crippen molar-refractivity contribution in [1.82, 2.24) is 0 Å². The van der Waals surface area contributed by atoms with Crippen molar-refractivity contribution in [2.24, 2.45) is 11.8 Å². The predicted molar refractivity (Wildman–Crippen MR) is 63.5 cm³/mol. The van der Waals surface area contributed by atoms with E-state index in [9.17, 15) is 30.9 Å². The average molecular weight is 358 g/mol. The monoisotopic (exact) mass is 358 g/mol. The molecule has 0 amide bonds. The summed E-state index contributed by atoms with van der Waals surface area (Å²) in [4.78, 5) is 0. The smallest absolute Gasteiger partial charge is 0.522 e. The minimum Gasteiger partial charge on any atom is -0.605 e. The van der Waals surface area contributed by atoms with Crippen molar-refractivity contribution >= 4 is 21.0 Å². The van der Waals surface area contributed by atoms with Gasteiger partial charge < -0.3 is 4.55 Å². The second-order valence-corrected chi connectivity index (χ2v) is 8.28. The summed E-state index contributed by atoms with van der Waals surface area (Å²) in [5.74, 6) is -0.0554. The van der Waals surface area contributed by atoms with Gasteiger partial charge in [-0.2, -0.15) is 0 Å². The molecule has 0 aromatic carbocycles. The molecule has 2 rings (SSSR count). The zero-order chi connectivity index (χ0) is 15.8. The van der Waals surface area contributed by atoms with Crippen LogP contribution in [-0.4, -0.2) is 41.0 Å². The van der Waals surface area contributed by atoms with Crippen LogP contribution in [0.4, 0.5) is 26.3 Å². The van der Waals surface area contributed by atoms with Gasteiger partial charge in [0.25, 0.3) is 0 Å². The maximum Gasteiger partial charge on any atom is 0.522 e. The van der Waals surface area contributed by atoms with Gasteiger partial charge in [0.2, 0.25) is 0 Å². The summed E-state index contributed by atoms with van der Waals surface area (Å²) < 4.78 is 92.9. The molecule has 124 valence electrons. The first-order valence-electron chi connectivity index (χ1n) is 6.04. The van der Waals surface area contributed by atoms with Gasteiger partial charge in [-0.05, 0) is 18.8 Å². The number of fused-ring (bicyclic) bond motifs is 1. The van der Waals surface area contributed by atoms with Crippen LogP contribution < -0.4 is 0 Å². The van der Waals surface area contributed by atoms with E-state index in [-0.39, 0.29) is 30.4 Å². The highest BCUT2D eigenvalue weighted by molar-refractivity contribution is 8.72. The fraction of sp³-hybridized carbons (Fsp3) is 1.00.